The highest BCUT2D eigenvalue weighted by Crippen LogP contribution is 2.25. The Bertz CT molecular complexity index is 1350. The molecule has 0 amide bonds. The summed E-state index contributed by atoms with van der Waals surface area (Å²) in [5.41, 5.74) is 6.63. The third-order valence-electron chi connectivity index (χ3n) is 5.50. The molecule has 4 aromatic heterocycles. The maximum Gasteiger partial charge on any atom is 0.135 e. The van der Waals surface area contributed by atoms with Gasteiger partial charge in [0.1, 0.15) is 5.82 Å². The fourth-order valence-electron chi connectivity index (χ4n) is 3.80. The summed E-state index contributed by atoms with van der Waals surface area (Å²) in [4.78, 5) is 17.6. The lowest BCUT2D eigenvalue weighted by Crippen LogP contribution is -2.06. The van der Waals surface area contributed by atoms with E-state index >= 15 is 0 Å². The lowest BCUT2D eigenvalue weighted by molar-refractivity contribution is 1.01. The van der Waals surface area contributed by atoms with Crippen molar-refractivity contribution in [1.29, 1.82) is 0 Å². The van der Waals surface area contributed by atoms with Crippen LogP contribution in [0.25, 0.3) is 33.2 Å². The van der Waals surface area contributed by atoms with Gasteiger partial charge < -0.3 is 5.32 Å². The van der Waals surface area contributed by atoms with Gasteiger partial charge >= 0.3 is 0 Å². The van der Waals surface area contributed by atoms with E-state index in [1.165, 1.54) is 16.7 Å². The van der Waals surface area contributed by atoms with Crippen molar-refractivity contribution in [2.45, 2.75) is 13.3 Å². The van der Waals surface area contributed by atoms with E-state index in [2.05, 4.69) is 61.7 Å². The monoisotopic (exact) mass is 417 g/mol. The summed E-state index contributed by atoms with van der Waals surface area (Å²) < 4.78 is 0. The zero-order valence-corrected chi connectivity index (χ0v) is 17.9. The van der Waals surface area contributed by atoms with Crippen LogP contribution in [-0.4, -0.2) is 26.5 Å². The van der Waals surface area contributed by atoms with Gasteiger partial charge in [0.05, 0.1) is 5.69 Å². The van der Waals surface area contributed by atoms with Crippen molar-refractivity contribution in [2.75, 3.05) is 11.9 Å². The molecule has 0 saturated carbocycles. The summed E-state index contributed by atoms with van der Waals surface area (Å²) in [5.74, 6) is 0.858. The van der Waals surface area contributed by atoms with Crippen LogP contribution in [0.1, 0.15) is 11.3 Å². The van der Waals surface area contributed by atoms with Crippen LogP contribution < -0.4 is 5.32 Å². The molecule has 0 atom stereocenters. The van der Waals surface area contributed by atoms with Gasteiger partial charge in [0.25, 0.3) is 0 Å². The minimum absolute atomic E-state index is 0.796. The summed E-state index contributed by atoms with van der Waals surface area (Å²) in [5, 5.41) is 5.60. The number of fused-ring (bicyclic) bond motifs is 1. The molecule has 5 rings (SSSR count). The Balaban J connectivity index is 1.27. The molecule has 0 spiro atoms. The molecule has 4 heterocycles. The van der Waals surface area contributed by atoms with E-state index in [9.17, 15) is 0 Å². The Morgan fingerprint density at radius 3 is 2.44 bits per heavy atom. The van der Waals surface area contributed by atoms with Crippen LogP contribution in [0.5, 0.6) is 0 Å². The summed E-state index contributed by atoms with van der Waals surface area (Å²) in [6, 6.07) is 20.9. The second-order valence-corrected chi connectivity index (χ2v) is 7.75. The lowest BCUT2D eigenvalue weighted by atomic mass is 10.0. The molecule has 0 bridgehead atoms. The number of anilines is 1. The van der Waals surface area contributed by atoms with Crippen molar-refractivity contribution in [3.63, 3.8) is 0 Å². The van der Waals surface area contributed by atoms with Gasteiger partial charge in [-0.3, -0.25) is 15.0 Å². The van der Waals surface area contributed by atoms with Crippen molar-refractivity contribution in [1.82, 2.24) is 19.9 Å². The van der Waals surface area contributed by atoms with Gasteiger partial charge in [-0.15, -0.1) is 0 Å². The number of pyridine rings is 4. The molecular weight excluding hydrogens is 394 g/mol. The van der Waals surface area contributed by atoms with E-state index in [0.29, 0.717) is 0 Å². The fraction of sp³-hybridized carbons (Fsp3) is 0.111. The third-order valence-corrected chi connectivity index (χ3v) is 5.50. The Hall–Kier alpha value is -4.12. The number of rotatable bonds is 6. The van der Waals surface area contributed by atoms with Crippen LogP contribution in [0.2, 0.25) is 0 Å². The molecule has 156 valence electrons. The number of aromatic nitrogens is 4. The highest BCUT2D eigenvalue weighted by molar-refractivity contribution is 5.93. The molecule has 0 aliphatic carbocycles. The second-order valence-electron chi connectivity index (χ2n) is 7.75. The van der Waals surface area contributed by atoms with Crippen LogP contribution in [0.4, 0.5) is 5.82 Å². The van der Waals surface area contributed by atoms with Crippen molar-refractivity contribution in [2.24, 2.45) is 0 Å². The number of nitrogens with one attached hydrogen (secondary N) is 1. The second kappa shape index (κ2) is 8.94. The minimum atomic E-state index is 0.796. The Labute approximate surface area is 187 Å². The molecule has 0 unspecified atom stereocenters. The Kier molecular flexibility index (Phi) is 5.54. The number of hydrogen-bond acceptors (Lipinski definition) is 5. The molecule has 5 heteroatoms. The SMILES string of the molecule is Cc1cc(-c2ccc(CCNc3nccc4cc(-c5cccnc5)ncc34)cc2)ccn1. The Morgan fingerprint density at radius 2 is 1.62 bits per heavy atom. The molecule has 32 heavy (non-hydrogen) atoms. The minimum Gasteiger partial charge on any atom is -0.369 e. The highest BCUT2D eigenvalue weighted by Gasteiger charge is 2.06. The maximum absolute atomic E-state index is 4.62. The molecule has 5 nitrogen and oxygen atoms in total. The van der Waals surface area contributed by atoms with E-state index in [4.69, 9.17) is 0 Å². The average molecular weight is 418 g/mol. The highest BCUT2D eigenvalue weighted by atomic mass is 15.0. The third kappa shape index (κ3) is 4.32. The molecule has 0 aliphatic rings. The molecule has 0 radical (unpaired) electrons. The van der Waals surface area contributed by atoms with Crippen molar-refractivity contribution < 1.29 is 0 Å². The van der Waals surface area contributed by atoms with Gasteiger partial charge in [0, 0.05) is 54.2 Å². The fourth-order valence-corrected chi connectivity index (χ4v) is 3.80. The zero-order chi connectivity index (χ0) is 21.8. The van der Waals surface area contributed by atoms with Gasteiger partial charge in [-0.25, -0.2) is 4.98 Å². The van der Waals surface area contributed by atoms with Gasteiger partial charge in [0.15, 0.2) is 0 Å². The van der Waals surface area contributed by atoms with Gasteiger partial charge in [-0.05, 0) is 71.8 Å². The van der Waals surface area contributed by atoms with Gasteiger partial charge in [-0.2, -0.15) is 0 Å². The molecule has 0 saturated heterocycles. The van der Waals surface area contributed by atoms with Gasteiger partial charge in [-0.1, -0.05) is 24.3 Å². The molecule has 0 aliphatic heterocycles. The van der Waals surface area contributed by atoms with E-state index in [1.807, 2.05) is 56.0 Å². The first-order valence-electron chi connectivity index (χ1n) is 10.7. The van der Waals surface area contributed by atoms with Crippen LogP contribution in [-0.2, 0) is 6.42 Å². The molecule has 1 aromatic carbocycles. The number of benzene rings is 1. The van der Waals surface area contributed by atoms with Crippen LogP contribution in [0.15, 0.2) is 91.6 Å². The van der Waals surface area contributed by atoms with Gasteiger partial charge in [0.2, 0.25) is 0 Å². The molecule has 5 aromatic rings. The van der Waals surface area contributed by atoms with Crippen LogP contribution in [0.3, 0.4) is 0 Å². The summed E-state index contributed by atoms with van der Waals surface area (Å²) in [7, 11) is 0. The predicted octanol–water partition coefficient (Wildman–Crippen LogP) is 5.72. The van der Waals surface area contributed by atoms with E-state index in [0.717, 1.165) is 46.5 Å². The number of hydrogen-bond donors (Lipinski definition) is 1. The first kappa shape index (κ1) is 19.8. The summed E-state index contributed by atoms with van der Waals surface area (Å²) >= 11 is 0. The summed E-state index contributed by atoms with van der Waals surface area (Å²) in [6.07, 6.45) is 10.1. The molecule has 0 fully saturated rings. The predicted molar refractivity (Wildman–Crippen MR) is 129 cm³/mol. The van der Waals surface area contributed by atoms with Crippen molar-refractivity contribution in [3.05, 3.63) is 103 Å². The molecular formula is C27H23N5. The Morgan fingerprint density at radius 1 is 0.750 bits per heavy atom. The molecule has 1 N–H and O–H groups in total. The standard InChI is InChI=1S/C27H23N5/c1-19-15-22(9-13-29-19)21-6-4-20(5-7-21)8-12-30-27-25-18-32-26(16-23(25)10-14-31-27)24-3-2-11-28-17-24/h2-7,9-11,13-18H,8,12H2,1H3,(H,30,31). The first-order valence-corrected chi connectivity index (χ1v) is 10.7. The average Bonchev–Trinajstić information content (AvgIpc) is 2.85. The van der Waals surface area contributed by atoms with Crippen molar-refractivity contribution >= 4 is 16.6 Å². The van der Waals surface area contributed by atoms with Crippen LogP contribution >= 0.6 is 0 Å². The largest absolute Gasteiger partial charge is 0.369 e. The topological polar surface area (TPSA) is 63.6 Å². The van der Waals surface area contributed by atoms with E-state index in [-0.39, 0.29) is 0 Å². The van der Waals surface area contributed by atoms with E-state index < -0.39 is 0 Å². The lowest BCUT2D eigenvalue weighted by Gasteiger charge is -2.10. The normalized spacial score (nSPS) is 10.9. The van der Waals surface area contributed by atoms with Crippen LogP contribution in [0, 0.1) is 6.92 Å². The maximum atomic E-state index is 4.62. The first-order chi connectivity index (χ1) is 15.8. The van der Waals surface area contributed by atoms with E-state index in [1.54, 1.807) is 6.20 Å². The number of aryl methyl sites for hydroxylation is 1. The van der Waals surface area contributed by atoms with Crippen molar-refractivity contribution in [3.8, 4) is 22.4 Å². The smallest absolute Gasteiger partial charge is 0.135 e. The zero-order valence-electron chi connectivity index (χ0n) is 17.9. The summed E-state index contributed by atoms with van der Waals surface area (Å²) in [6.45, 7) is 2.81. The quantitative estimate of drug-likeness (QED) is 0.383. The number of nitrogens with zero attached hydrogens (tertiary/aromatic N) is 4.